The number of amides is 2. The fourth-order valence-electron chi connectivity index (χ4n) is 3.96. The van der Waals surface area contributed by atoms with Crippen LogP contribution in [0, 0.1) is 5.41 Å². The Morgan fingerprint density at radius 3 is 2.00 bits per heavy atom. The molecule has 156 valence electrons. The highest BCUT2D eigenvalue weighted by Crippen LogP contribution is 2.24. The molecule has 5 N–H and O–H groups in total. The van der Waals surface area contributed by atoms with Crippen LogP contribution in [0.5, 0.6) is 0 Å². The van der Waals surface area contributed by atoms with Crippen molar-refractivity contribution in [1.82, 2.24) is 5.32 Å². The SMILES string of the molecule is N=C(N)c1ccc(NC(=O)C(C(=O)NC2Cc3ccccc3C2)c2ccccc2)cc1. The second-order valence-corrected chi connectivity index (χ2v) is 7.71. The van der Waals surface area contributed by atoms with Crippen LogP contribution in [0.2, 0.25) is 0 Å². The predicted octanol–water partition coefficient (Wildman–Crippen LogP) is 2.98. The Hall–Kier alpha value is -3.93. The summed E-state index contributed by atoms with van der Waals surface area (Å²) < 4.78 is 0. The van der Waals surface area contributed by atoms with E-state index in [-0.39, 0.29) is 17.8 Å². The zero-order valence-electron chi connectivity index (χ0n) is 17.0. The summed E-state index contributed by atoms with van der Waals surface area (Å²) in [6, 6.07) is 23.8. The highest BCUT2D eigenvalue weighted by atomic mass is 16.2. The number of nitrogens with two attached hydrogens (primary N) is 1. The van der Waals surface area contributed by atoms with Gasteiger partial charge in [-0.2, -0.15) is 0 Å². The molecule has 0 aliphatic heterocycles. The van der Waals surface area contributed by atoms with Crippen molar-refractivity contribution in [3.05, 3.63) is 101 Å². The molecule has 1 atom stereocenters. The molecule has 1 unspecified atom stereocenters. The minimum atomic E-state index is -0.975. The van der Waals surface area contributed by atoms with Crippen LogP contribution in [0.25, 0.3) is 0 Å². The lowest BCUT2D eigenvalue weighted by Gasteiger charge is -2.20. The van der Waals surface area contributed by atoms with Crippen molar-refractivity contribution in [2.24, 2.45) is 5.73 Å². The zero-order chi connectivity index (χ0) is 21.8. The van der Waals surface area contributed by atoms with Crippen LogP contribution in [-0.2, 0) is 22.4 Å². The van der Waals surface area contributed by atoms with Crippen molar-refractivity contribution in [2.45, 2.75) is 24.8 Å². The van der Waals surface area contributed by atoms with Gasteiger partial charge in [-0.1, -0.05) is 54.6 Å². The van der Waals surface area contributed by atoms with Crippen LogP contribution in [0.1, 0.15) is 28.2 Å². The highest BCUT2D eigenvalue weighted by molar-refractivity contribution is 6.11. The Labute approximate surface area is 181 Å². The lowest BCUT2D eigenvalue weighted by atomic mass is 9.96. The van der Waals surface area contributed by atoms with Gasteiger partial charge in [0.2, 0.25) is 11.8 Å². The average Bonchev–Trinajstić information content (AvgIpc) is 3.17. The van der Waals surface area contributed by atoms with E-state index in [2.05, 4.69) is 22.8 Å². The summed E-state index contributed by atoms with van der Waals surface area (Å²) in [6.45, 7) is 0. The Kier molecular flexibility index (Phi) is 5.80. The minimum Gasteiger partial charge on any atom is -0.384 e. The minimum absolute atomic E-state index is 0.0289. The van der Waals surface area contributed by atoms with Crippen molar-refractivity contribution >= 4 is 23.3 Å². The van der Waals surface area contributed by atoms with Gasteiger partial charge >= 0.3 is 0 Å². The van der Waals surface area contributed by atoms with Gasteiger partial charge in [0, 0.05) is 17.3 Å². The number of rotatable bonds is 6. The van der Waals surface area contributed by atoms with E-state index in [9.17, 15) is 9.59 Å². The van der Waals surface area contributed by atoms with Gasteiger partial charge in [-0.15, -0.1) is 0 Å². The molecule has 0 saturated carbocycles. The third kappa shape index (κ3) is 4.64. The maximum atomic E-state index is 13.2. The van der Waals surface area contributed by atoms with Gasteiger partial charge < -0.3 is 16.4 Å². The topological polar surface area (TPSA) is 108 Å². The van der Waals surface area contributed by atoms with Crippen LogP contribution >= 0.6 is 0 Å². The van der Waals surface area contributed by atoms with E-state index in [1.807, 2.05) is 30.3 Å². The number of anilines is 1. The van der Waals surface area contributed by atoms with E-state index in [0.717, 1.165) is 12.8 Å². The molecule has 1 aliphatic carbocycles. The molecule has 4 rings (SSSR count). The number of amidine groups is 1. The van der Waals surface area contributed by atoms with Crippen LogP contribution < -0.4 is 16.4 Å². The summed E-state index contributed by atoms with van der Waals surface area (Å²) >= 11 is 0. The molecule has 6 heteroatoms. The number of carbonyl (C=O) groups excluding carboxylic acids is 2. The average molecular weight is 412 g/mol. The number of fused-ring (bicyclic) bond motifs is 1. The third-order valence-corrected chi connectivity index (χ3v) is 5.52. The number of nitrogens with one attached hydrogen (secondary N) is 3. The molecule has 0 heterocycles. The summed E-state index contributed by atoms with van der Waals surface area (Å²) in [6.07, 6.45) is 1.52. The molecule has 31 heavy (non-hydrogen) atoms. The van der Waals surface area contributed by atoms with E-state index in [4.69, 9.17) is 11.1 Å². The summed E-state index contributed by atoms with van der Waals surface area (Å²) in [4.78, 5) is 26.3. The quantitative estimate of drug-likeness (QED) is 0.284. The number of hydrogen-bond acceptors (Lipinski definition) is 3. The van der Waals surface area contributed by atoms with E-state index < -0.39 is 11.8 Å². The third-order valence-electron chi connectivity index (χ3n) is 5.52. The zero-order valence-corrected chi connectivity index (χ0v) is 17.0. The van der Waals surface area contributed by atoms with Gasteiger partial charge in [0.1, 0.15) is 11.8 Å². The molecule has 0 radical (unpaired) electrons. The predicted molar refractivity (Wildman–Crippen MR) is 121 cm³/mol. The summed E-state index contributed by atoms with van der Waals surface area (Å²) in [5, 5.41) is 13.4. The van der Waals surface area contributed by atoms with E-state index in [0.29, 0.717) is 16.8 Å². The summed E-state index contributed by atoms with van der Waals surface area (Å²) in [5.74, 6) is -1.74. The second-order valence-electron chi connectivity index (χ2n) is 7.71. The number of hydrogen-bond donors (Lipinski definition) is 4. The molecule has 6 nitrogen and oxygen atoms in total. The lowest BCUT2D eigenvalue weighted by Crippen LogP contribution is -2.42. The van der Waals surface area contributed by atoms with Gasteiger partial charge in [-0.25, -0.2) is 0 Å². The molecule has 3 aromatic rings. The van der Waals surface area contributed by atoms with Crippen LogP contribution in [0.15, 0.2) is 78.9 Å². The van der Waals surface area contributed by atoms with Crippen LogP contribution in [-0.4, -0.2) is 23.7 Å². The summed E-state index contributed by atoms with van der Waals surface area (Å²) in [5.41, 5.74) is 9.69. The van der Waals surface area contributed by atoms with Crippen LogP contribution in [0.4, 0.5) is 5.69 Å². The second kappa shape index (κ2) is 8.83. The number of nitrogen functional groups attached to an aromatic ring is 1. The standard InChI is InChI=1S/C25H24N4O2/c26-23(27)17-10-12-20(13-11-17)28-24(30)22(16-6-2-1-3-7-16)25(31)29-21-14-18-8-4-5-9-19(18)15-21/h1-13,21-22H,14-15H2,(H3,26,27)(H,28,30)(H,29,31). The number of carbonyl (C=O) groups is 2. The normalized spacial score (nSPS) is 13.8. The van der Waals surface area contributed by atoms with E-state index in [1.54, 1.807) is 36.4 Å². The Morgan fingerprint density at radius 2 is 1.42 bits per heavy atom. The maximum absolute atomic E-state index is 13.2. The summed E-state index contributed by atoms with van der Waals surface area (Å²) in [7, 11) is 0. The van der Waals surface area contributed by atoms with Crippen LogP contribution in [0.3, 0.4) is 0 Å². The van der Waals surface area contributed by atoms with E-state index in [1.165, 1.54) is 11.1 Å². The van der Waals surface area contributed by atoms with Gasteiger partial charge in [0.05, 0.1) is 0 Å². The molecule has 0 saturated heterocycles. The first-order chi connectivity index (χ1) is 15.0. The molecule has 0 aromatic heterocycles. The van der Waals surface area contributed by atoms with Gasteiger partial charge in [0.25, 0.3) is 0 Å². The van der Waals surface area contributed by atoms with Crippen molar-refractivity contribution < 1.29 is 9.59 Å². The first-order valence-corrected chi connectivity index (χ1v) is 10.2. The Balaban J connectivity index is 1.51. The fourth-order valence-corrected chi connectivity index (χ4v) is 3.96. The molecule has 0 bridgehead atoms. The van der Waals surface area contributed by atoms with Crippen molar-refractivity contribution in [3.63, 3.8) is 0 Å². The highest BCUT2D eigenvalue weighted by Gasteiger charge is 2.31. The smallest absolute Gasteiger partial charge is 0.241 e. The Morgan fingerprint density at radius 1 is 0.839 bits per heavy atom. The monoisotopic (exact) mass is 412 g/mol. The molecular formula is C25H24N4O2. The molecule has 1 aliphatic rings. The first-order valence-electron chi connectivity index (χ1n) is 10.2. The molecule has 2 amide bonds. The number of benzene rings is 3. The lowest BCUT2D eigenvalue weighted by molar-refractivity contribution is -0.129. The molecule has 0 fully saturated rings. The molecule has 3 aromatic carbocycles. The van der Waals surface area contributed by atoms with Crippen molar-refractivity contribution in [2.75, 3.05) is 5.32 Å². The van der Waals surface area contributed by atoms with Gasteiger partial charge in [-0.3, -0.25) is 15.0 Å². The maximum Gasteiger partial charge on any atom is 0.241 e. The van der Waals surface area contributed by atoms with E-state index >= 15 is 0 Å². The Bertz CT molecular complexity index is 1080. The first kappa shape index (κ1) is 20.3. The van der Waals surface area contributed by atoms with Gasteiger partial charge in [0.15, 0.2) is 0 Å². The van der Waals surface area contributed by atoms with Crippen molar-refractivity contribution in [3.8, 4) is 0 Å². The van der Waals surface area contributed by atoms with Gasteiger partial charge in [-0.05, 0) is 53.8 Å². The van der Waals surface area contributed by atoms with Crippen molar-refractivity contribution in [1.29, 1.82) is 5.41 Å². The molecular weight excluding hydrogens is 388 g/mol. The largest absolute Gasteiger partial charge is 0.384 e. The fraction of sp³-hybridized carbons (Fsp3) is 0.160. The molecule has 0 spiro atoms.